The van der Waals surface area contributed by atoms with E-state index >= 15 is 0 Å². The molecule has 0 aliphatic heterocycles. The molecule has 98 valence electrons. The highest BCUT2D eigenvalue weighted by Crippen LogP contribution is 2.23. The molecule has 0 aromatic heterocycles. The molecule has 0 atom stereocenters. The van der Waals surface area contributed by atoms with Gasteiger partial charge in [-0.1, -0.05) is 47.5 Å². The molecule has 3 heteroatoms. The van der Waals surface area contributed by atoms with Crippen LogP contribution in [0.2, 0.25) is 0 Å². The average molecular weight is 275 g/mol. The third-order valence-electron chi connectivity index (χ3n) is 2.84. The molecule has 19 heavy (non-hydrogen) atoms. The molecule has 2 aromatic carbocycles. The Morgan fingerprint density at radius 2 is 1.74 bits per heavy atom. The van der Waals surface area contributed by atoms with Crippen molar-refractivity contribution in [3.63, 3.8) is 0 Å². The lowest BCUT2D eigenvalue weighted by atomic mass is 10.0. The van der Waals surface area contributed by atoms with Gasteiger partial charge in [0, 0.05) is 18.0 Å². The summed E-state index contributed by atoms with van der Waals surface area (Å²) in [5, 5.41) is 0. The molecule has 0 saturated carbocycles. The highest BCUT2D eigenvalue weighted by atomic mass is 35.5. The van der Waals surface area contributed by atoms with E-state index in [0.29, 0.717) is 12.2 Å². The second-order valence-electron chi connectivity index (χ2n) is 4.62. The maximum absolute atomic E-state index is 10.9. The summed E-state index contributed by atoms with van der Waals surface area (Å²) in [6, 6.07) is 13.8. The zero-order valence-electron chi connectivity index (χ0n) is 10.9. The van der Waals surface area contributed by atoms with Crippen LogP contribution in [0.15, 0.2) is 42.5 Å². The molecule has 0 bridgehead atoms. The number of rotatable bonds is 3. The van der Waals surface area contributed by atoms with Gasteiger partial charge in [-0.25, -0.2) is 4.79 Å². The average Bonchev–Trinajstić information content (AvgIpc) is 2.29. The van der Waals surface area contributed by atoms with E-state index in [2.05, 4.69) is 32.0 Å². The zero-order valence-corrected chi connectivity index (χ0v) is 11.7. The summed E-state index contributed by atoms with van der Waals surface area (Å²) in [6.45, 7) is 4.14. The van der Waals surface area contributed by atoms with Crippen molar-refractivity contribution in [1.82, 2.24) is 0 Å². The summed E-state index contributed by atoms with van der Waals surface area (Å²) in [5.41, 5.74) is 3.77. The first-order chi connectivity index (χ1) is 9.04. The van der Waals surface area contributed by atoms with Crippen LogP contribution < -0.4 is 4.74 Å². The summed E-state index contributed by atoms with van der Waals surface area (Å²) < 4.78 is 5.00. The topological polar surface area (TPSA) is 26.3 Å². The Morgan fingerprint density at radius 1 is 1.11 bits per heavy atom. The van der Waals surface area contributed by atoms with E-state index in [1.807, 2.05) is 18.2 Å². The SMILES string of the molecule is Cc1cc(C)cc(Cc2ccccc2OC(=O)Cl)c1. The lowest BCUT2D eigenvalue weighted by molar-refractivity contribution is 0.225. The number of halogens is 1. The van der Waals surface area contributed by atoms with Crippen molar-refractivity contribution in [3.8, 4) is 5.75 Å². The lowest BCUT2D eigenvalue weighted by Crippen LogP contribution is -2.00. The van der Waals surface area contributed by atoms with Gasteiger partial charge in [0.05, 0.1) is 0 Å². The Kier molecular flexibility index (Phi) is 4.23. The van der Waals surface area contributed by atoms with Gasteiger partial charge < -0.3 is 4.74 Å². The summed E-state index contributed by atoms with van der Waals surface area (Å²) in [4.78, 5) is 10.9. The highest BCUT2D eigenvalue weighted by Gasteiger charge is 2.07. The molecule has 2 aromatic rings. The number of aryl methyl sites for hydroxylation is 2. The van der Waals surface area contributed by atoms with Crippen LogP contribution >= 0.6 is 11.6 Å². The van der Waals surface area contributed by atoms with Crippen LogP contribution in [0, 0.1) is 13.8 Å². The van der Waals surface area contributed by atoms with E-state index in [-0.39, 0.29) is 0 Å². The first kappa shape index (κ1) is 13.6. The summed E-state index contributed by atoms with van der Waals surface area (Å²) in [6.07, 6.45) is 0.711. The monoisotopic (exact) mass is 274 g/mol. The normalized spacial score (nSPS) is 10.3. The van der Waals surface area contributed by atoms with Gasteiger partial charge in [0.15, 0.2) is 0 Å². The molecule has 0 N–H and O–H groups in total. The van der Waals surface area contributed by atoms with Gasteiger partial charge in [0.25, 0.3) is 0 Å². The minimum absolute atomic E-state index is 0.515. The van der Waals surface area contributed by atoms with E-state index in [4.69, 9.17) is 16.3 Å². The Labute approximate surface area is 118 Å². The number of benzene rings is 2. The predicted molar refractivity (Wildman–Crippen MR) is 77.0 cm³/mol. The van der Waals surface area contributed by atoms with Crippen LogP contribution in [-0.2, 0) is 6.42 Å². The summed E-state index contributed by atoms with van der Waals surface area (Å²) in [7, 11) is 0. The standard InChI is InChI=1S/C16H15ClO2/c1-11-7-12(2)9-13(8-11)10-14-5-3-4-6-15(14)19-16(17)18/h3-9H,10H2,1-2H3. The van der Waals surface area contributed by atoms with E-state index in [1.54, 1.807) is 6.07 Å². The van der Waals surface area contributed by atoms with Crippen molar-refractivity contribution >= 4 is 17.0 Å². The van der Waals surface area contributed by atoms with Crippen LogP contribution in [0.5, 0.6) is 5.75 Å². The Bertz CT molecular complexity index is 585. The van der Waals surface area contributed by atoms with Gasteiger partial charge in [-0.3, -0.25) is 0 Å². The van der Waals surface area contributed by atoms with Crippen molar-refractivity contribution in [1.29, 1.82) is 0 Å². The first-order valence-electron chi connectivity index (χ1n) is 6.07. The van der Waals surface area contributed by atoms with Gasteiger partial charge in [-0.15, -0.1) is 0 Å². The molecule has 0 heterocycles. The molecular weight excluding hydrogens is 260 g/mol. The van der Waals surface area contributed by atoms with Crippen LogP contribution in [0.25, 0.3) is 0 Å². The molecule has 0 saturated heterocycles. The fourth-order valence-electron chi connectivity index (χ4n) is 2.23. The number of carbonyl (C=O) groups excluding carboxylic acids is 1. The number of para-hydroxylation sites is 1. The predicted octanol–water partition coefficient (Wildman–Crippen LogP) is 4.63. The molecule has 2 rings (SSSR count). The molecule has 0 unspecified atom stereocenters. The molecule has 0 radical (unpaired) electrons. The van der Waals surface area contributed by atoms with Gasteiger partial charge in [-0.2, -0.15) is 0 Å². The molecule has 0 amide bonds. The number of ether oxygens (including phenoxy) is 1. The molecule has 0 aliphatic rings. The Hall–Kier alpha value is -1.80. The minimum atomic E-state index is -0.812. The molecule has 0 fully saturated rings. The van der Waals surface area contributed by atoms with Crippen molar-refractivity contribution < 1.29 is 9.53 Å². The fraction of sp³-hybridized carbons (Fsp3) is 0.188. The van der Waals surface area contributed by atoms with Gasteiger partial charge in [0.2, 0.25) is 0 Å². The lowest BCUT2D eigenvalue weighted by Gasteiger charge is -2.09. The first-order valence-corrected chi connectivity index (χ1v) is 6.45. The van der Waals surface area contributed by atoms with E-state index in [1.165, 1.54) is 16.7 Å². The van der Waals surface area contributed by atoms with Crippen molar-refractivity contribution in [3.05, 3.63) is 64.7 Å². The second kappa shape index (κ2) is 5.89. The van der Waals surface area contributed by atoms with E-state index in [9.17, 15) is 4.79 Å². The highest BCUT2D eigenvalue weighted by molar-refractivity contribution is 6.61. The van der Waals surface area contributed by atoms with Gasteiger partial charge >= 0.3 is 5.43 Å². The maximum Gasteiger partial charge on any atom is 0.409 e. The minimum Gasteiger partial charge on any atom is -0.414 e. The molecule has 2 nitrogen and oxygen atoms in total. The fourth-order valence-corrected chi connectivity index (χ4v) is 2.31. The molecule has 0 spiro atoms. The van der Waals surface area contributed by atoms with Crippen LogP contribution in [-0.4, -0.2) is 5.43 Å². The quantitative estimate of drug-likeness (QED) is 0.763. The van der Waals surface area contributed by atoms with Crippen molar-refractivity contribution in [2.75, 3.05) is 0 Å². The smallest absolute Gasteiger partial charge is 0.409 e. The Morgan fingerprint density at radius 3 is 2.37 bits per heavy atom. The Balaban J connectivity index is 2.29. The van der Waals surface area contributed by atoms with Crippen molar-refractivity contribution in [2.45, 2.75) is 20.3 Å². The summed E-state index contributed by atoms with van der Waals surface area (Å²) in [5.74, 6) is 0.515. The van der Waals surface area contributed by atoms with Crippen LogP contribution in [0.4, 0.5) is 4.79 Å². The largest absolute Gasteiger partial charge is 0.414 e. The van der Waals surface area contributed by atoms with E-state index in [0.717, 1.165) is 5.56 Å². The molecular formula is C16H15ClO2. The number of hydrogen-bond donors (Lipinski definition) is 0. The van der Waals surface area contributed by atoms with Gasteiger partial charge in [-0.05, 0) is 31.0 Å². The summed E-state index contributed by atoms with van der Waals surface area (Å²) >= 11 is 5.28. The zero-order chi connectivity index (χ0) is 13.8. The second-order valence-corrected chi connectivity index (χ2v) is 4.93. The van der Waals surface area contributed by atoms with E-state index < -0.39 is 5.43 Å². The third kappa shape index (κ3) is 3.83. The van der Waals surface area contributed by atoms with Crippen LogP contribution in [0.3, 0.4) is 0 Å². The third-order valence-corrected chi connectivity index (χ3v) is 2.92. The number of carbonyl (C=O) groups is 1. The maximum atomic E-state index is 10.9. The molecule has 0 aliphatic carbocycles. The van der Waals surface area contributed by atoms with Gasteiger partial charge in [0.1, 0.15) is 5.75 Å². The van der Waals surface area contributed by atoms with Crippen molar-refractivity contribution in [2.24, 2.45) is 0 Å². The number of hydrogen-bond acceptors (Lipinski definition) is 2. The van der Waals surface area contributed by atoms with Crippen LogP contribution in [0.1, 0.15) is 22.3 Å².